The summed E-state index contributed by atoms with van der Waals surface area (Å²) in [7, 11) is 0. The van der Waals surface area contributed by atoms with Gasteiger partial charge in [0, 0.05) is 25.2 Å². The Kier molecular flexibility index (Phi) is 3.54. The van der Waals surface area contributed by atoms with Crippen LogP contribution >= 0.6 is 11.6 Å². The Bertz CT molecular complexity index is 584. The average molecular weight is 269 g/mol. The largest absolute Gasteiger partial charge is 0.396 e. The van der Waals surface area contributed by atoms with Gasteiger partial charge in [0.15, 0.2) is 0 Å². The van der Waals surface area contributed by atoms with Gasteiger partial charge in [-0.05, 0) is 6.07 Å². The third-order valence-corrected chi connectivity index (χ3v) is 2.62. The highest BCUT2D eigenvalue weighted by molar-refractivity contribution is 6.32. The Balaban J connectivity index is 2.41. The second kappa shape index (κ2) is 5.11. The van der Waals surface area contributed by atoms with Crippen molar-refractivity contribution in [2.24, 2.45) is 0 Å². The van der Waals surface area contributed by atoms with Crippen molar-refractivity contribution in [3.8, 4) is 5.69 Å². The van der Waals surface area contributed by atoms with Crippen LogP contribution in [-0.2, 0) is 6.42 Å². The van der Waals surface area contributed by atoms with E-state index in [4.69, 9.17) is 16.7 Å². The van der Waals surface area contributed by atoms with Crippen LogP contribution in [0.3, 0.4) is 0 Å². The molecule has 0 saturated heterocycles. The van der Waals surface area contributed by atoms with Gasteiger partial charge in [-0.2, -0.15) is 0 Å². The Morgan fingerprint density at radius 1 is 1.50 bits per heavy atom. The molecule has 8 heteroatoms. The number of aliphatic hydroxyl groups excluding tert-OH is 1. The molecule has 94 valence electrons. The quantitative estimate of drug-likeness (QED) is 0.667. The van der Waals surface area contributed by atoms with Crippen molar-refractivity contribution in [1.82, 2.24) is 15.0 Å². The summed E-state index contributed by atoms with van der Waals surface area (Å²) in [5.74, 6) is 0. The zero-order chi connectivity index (χ0) is 13.1. The standard InChI is InChI=1S/C10H9ClN4O3/c11-9-2-1-8(15(17)18)5-10(9)14-6-7(3-4-16)12-13-14/h1-2,5-6,16H,3-4H2. The van der Waals surface area contributed by atoms with Gasteiger partial charge in [-0.25, -0.2) is 4.68 Å². The summed E-state index contributed by atoms with van der Waals surface area (Å²) in [4.78, 5) is 10.2. The third kappa shape index (κ3) is 2.47. The molecule has 2 aromatic rings. The maximum atomic E-state index is 10.7. The van der Waals surface area contributed by atoms with Crippen LogP contribution in [0.1, 0.15) is 5.69 Å². The number of halogens is 1. The highest BCUT2D eigenvalue weighted by Gasteiger charge is 2.12. The van der Waals surface area contributed by atoms with E-state index in [9.17, 15) is 10.1 Å². The van der Waals surface area contributed by atoms with E-state index in [-0.39, 0.29) is 12.3 Å². The SMILES string of the molecule is O=[N+]([O-])c1ccc(Cl)c(-n2cc(CCO)nn2)c1. The first-order chi connectivity index (χ1) is 8.61. The van der Waals surface area contributed by atoms with Gasteiger partial charge in [-0.3, -0.25) is 10.1 Å². The summed E-state index contributed by atoms with van der Waals surface area (Å²) in [6.07, 6.45) is 1.94. The van der Waals surface area contributed by atoms with Crippen LogP contribution in [0.15, 0.2) is 24.4 Å². The molecule has 7 nitrogen and oxygen atoms in total. The monoisotopic (exact) mass is 268 g/mol. The van der Waals surface area contributed by atoms with Crippen LogP contribution < -0.4 is 0 Å². The van der Waals surface area contributed by atoms with Crippen LogP contribution in [0.2, 0.25) is 5.02 Å². The maximum Gasteiger partial charge on any atom is 0.271 e. The first kappa shape index (κ1) is 12.5. The number of hydrogen-bond acceptors (Lipinski definition) is 5. The zero-order valence-electron chi connectivity index (χ0n) is 9.15. The second-order valence-electron chi connectivity index (χ2n) is 3.52. The minimum absolute atomic E-state index is 0.0403. The molecule has 0 fully saturated rings. The van der Waals surface area contributed by atoms with Crippen molar-refractivity contribution < 1.29 is 10.0 Å². The molecule has 0 atom stereocenters. The first-order valence-electron chi connectivity index (χ1n) is 5.08. The fraction of sp³-hybridized carbons (Fsp3) is 0.200. The van der Waals surface area contributed by atoms with Crippen molar-refractivity contribution in [3.05, 3.63) is 45.2 Å². The molecule has 1 N–H and O–H groups in total. The molecular formula is C10H9ClN4O3. The minimum atomic E-state index is -0.509. The van der Waals surface area contributed by atoms with Gasteiger partial charge in [0.05, 0.1) is 27.5 Å². The lowest BCUT2D eigenvalue weighted by Gasteiger charge is -2.02. The number of aromatic nitrogens is 3. The van der Waals surface area contributed by atoms with Crippen LogP contribution in [0, 0.1) is 10.1 Å². The number of hydrogen-bond donors (Lipinski definition) is 1. The lowest BCUT2D eigenvalue weighted by molar-refractivity contribution is -0.384. The van der Waals surface area contributed by atoms with Crippen molar-refractivity contribution in [3.63, 3.8) is 0 Å². The van der Waals surface area contributed by atoms with E-state index in [1.54, 1.807) is 6.20 Å². The molecule has 0 unspecified atom stereocenters. The molecule has 0 amide bonds. The molecule has 0 aliphatic carbocycles. The number of nitro groups is 1. The van der Waals surface area contributed by atoms with Gasteiger partial charge >= 0.3 is 0 Å². The van der Waals surface area contributed by atoms with Gasteiger partial charge in [-0.15, -0.1) is 5.10 Å². The molecule has 0 aliphatic rings. The first-order valence-corrected chi connectivity index (χ1v) is 5.46. The number of non-ortho nitro benzene ring substituents is 1. The topological polar surface area (TPSA) is 94.1 Å². The van der Waals surface area contributed by atoms with Gasteiger partial charge < -0.3 is 5.11 Å². The predicted molar refractivity (Wildman–Crippen MR) is 63.8 cm³/mol. The Morgan fingerprint density at radius 2 is 2.28 bits per heavy atom. The lowest BCUT2D eigenvalue weighted by atomic mass is 10.3. The zero-order valence-corrected chi connectivity index (χ0v) is 9.91. The van der Waals surface area contributed by atoms with E-state index in [1.807, 2.05) is 0 Å². The number of nitrogens with zero attached hydrogens (tertiary/aromatic N) is 4. The fourth-order valence-electron chi connectivity index (χ4n) is 1.44. The second-order valence-corrected chi connectivity index (χ2v) is 3.93. The molecule has 2 rings (SSSR count). The molecule has 0 spiro atoms. The van der Waals surface area contributed by atoms with Crippen LogP contribution in [0.25, 0.3) is 5.69 Å². The summed E-state index contributed by atoms with van der Waals surface area (Å²) in [5.41, 5.74) is 0.885. The number of nitro benzene ring substituents is 1. The minimum Gasteiger partial charge on any atom is -0.396 e. The van der Waals surface area contributed by atoms with Crippen LogP contribution in [0.4, 0.5) is 5.69 Å². The molecule has 1 aromatic carbocycles. The molecule has 0 radical (unpaired) electrons. The van der Waals surface area contributed by atoms with Gasteiger partial charge in [0.1, 0.15) is 0 Å². The summed E-state index contributed by atoms with van der Waals surface area (Å²) in [6.45, 7) is -0.0403. The Morgan fingerprint density at radius 3 is 2.94 bits per heavy atom. The lowest BCUT2D eigenvalue weighted by Crippen LogP contribution is -1.98. The van der Waals surface area contributed by atoms with Crippen molar-refractivity contribution in [2.75, 3.05) is 6.61 Å². The molecule has 18 heavy (non-hydrogen) atoms. The molecule has 1 aromatic heterocycles. The highest BCUT2D eigenvalue weighted by atomic mass is 35.5. The van der Waals surface area contributed by atoms with Crippen molar-refractivity contribution in [1.29, 1.82) is 0 Å². The highest BCUT2D eigenvalue weighted by Crippen LogP contribution is 2.24. The van der Waals surface area contributed by atoms with Gasteiger partial charge in [-0.1, -0.05) is 16.8 Å². The number of rotatable bonds is 4. The van der Waals surface area contributed by atoms with Crippen molar-refractivity contribution >= 4 is 17.3 Å². The molecule has 0 bridgehead atoms. The van der Waals surface area contributed by atoms with Gasteiger partial charge in [0.25, 0.3) is 5.69 Å². The number of benzene rings is 1. The molecule has 0 saturated carbocycles. The summed E-state index contributed by atoms with van der Waals surface area (Å²) in [5, 5.41) is 27.4. The number of aliphatic hydroxyl groups is 1. The Labute approximate surface area is 107 Å². The fourth-order valence-corrected chi connectivity index (χ4v) is 1.64. The summed E-state index contributed by atoms with van der Waals surface area (Å²) >= 11 is 5.96. The smallest absolute Gasteiger partial charge is 0.271 e. The van der Waals surface area contributed by atoms with Crippen molar-refractivity contribution in [2.45, 2.75) is 6.42 Å². The van der Waals surface area contributed by atoms with E-state index in [0.29, 0.717) is 22.8 Å². The summed E-state index contributed by atoms with van der Waals surface area (Å²) in [6, 6.07) is 4.07. The molecule has 0 aliphatic heterocycles. The normalized spacial score (nSPS) is 10.6. The van der Waals surface area contributed by atoms with E-state index < -0.39 is 4.92 Å². The van der Waals surface area contributed by atoms with Gasteiger partial charge in [0.2, 0.25) is 0 Å². The molecule has 1 heterocycles. The summed E-state index contributed by atoms with van der Waals surface area (Å²) < 4.78 is 1.35. The van der Waals surface area contributed by atoms with E-state index in [1.165, 1.54) is 22.9 Å². The average Bonchev–Trinajstić information content (AvgIpc) is 2.78. The van der Waals surface area contributed by atoms with Crippen LogP contribution in [-0.4, -0.2) is 31.6 Å². The predicted octanol–water partition coefficient (Wildman–Crippen LogP) is 1.36. The molecular weight excluding hydrogens is 260 g/mol. The third-order valence-electron chi connectivity index (χ3n) is 2.30. The van der Waals surface area contributed by atoms with E-state index in [2.05, 4.69) is 10.3 Å². The van der Waals surface area contributed by atoms with Crippen LogP contribution in [0.5, 0.6) is 0 Å². The van der Waals surface area contributed by atoms with E-state index in [0.717, 1.165) is 0 Å². The van der Waals surface area contributed by atoms with E-state index >= 15 is 0 Å². The Hall–Kier alpha value is -1.99. The maximum absolute atomic E-state index is 10.7.